The zero-order valence-electron chi connectivity index (χ0n) is 18.5. The molecule has 4 rings (SSSR count). The number of nitrogens with one attached hydrogen (secondary N) is 2. The number of aromatic nitrogens is 3. The number of pyridine rings is 1. The van der Waals surface area contributed by atoms with Gasteiger partial charge in [-0.2, -0.15) is 5.10 Å². The molecular weight excluding hydrogens is 439 g/mol. The van der Waals surface area contributed by atoms with Crippen molar-refractivity contribution in [2.75, 3.05) is 13.1 Å². The predicted octanol–water partition coefficient (Wildman–Crippen LogP) is 1.90. The first-order valence-corrected chi connectivity index (χ1v) is 11.0. The van der Waals surface area contributed by atoms with E-state index in [9.17, 15) is 18.8 Å². The number of halogens is 1. The van der Waals surface area contributed by atoms with Gasteiger partial charge in [0, 0.05) is 57.6 Å². The van der Waals surface area contributed by atoms with Crippen LogP contribution < -0.4 is 10.6 Å². The lowest BCUT2D eigenvalue weighted by Gasteiger charge is -2.20. The molecule has 0 atom stereocenters. The first-order valence-electron chi connectivity index (χ1n) is 11.0. The van der Waals surface area contributed by atoms with Crippen LogP contribution in [0.25, 0.3) is 0 Å². The van der Waals surface area contributed by atoms with Crippen LogP contribution in [0.5, 0.6) is 0 Å². The average molecular weight is 465 g/mol. The van der Waals surface area contributed by atoms with Crippen molar-refractivity contribution in [2.24, 2.45) is 0 Å². The number of fused-ring (bicyclic) bond motifs is 1. The quantitative estimate of drug-likeness (QED) is 0.529. The van der Waals surface area contributed by atoms with Crippen LogP contribution in [0.4, 0.5) is 4.39 Å². The smallest absolute Gasteiger partial charge is 0.272 e. The molecule has 3 heterocycles. The highest BCUT2D eigenvalue weighted by atomic mass is 19.1. The lowest BCUT2D eigenvalue weighted by molar-refractivity contribution is -0.121. The molecule has 2 aromatic heterocycles. The van der Waals surface area contributed by atoms with Crippen molar-refractivity contribution in [3.8, 4) is 0 Å². The molecule has 0 aliphatic carbocycles. The molecule has 0 saturated carbocycles. The molecule has 1 aromatic carbocycles. The van der Waals surface area contributed by atoms with Crippen LogP contribution in [0.15, 0.2) is 54.9 Å². The van der Waals surface area contributed by atoms with Gasteiger partial charge in [-0.1, -0.05) is 18.2 Å². The van der Waals surface area contributed by atoms with Gasteiger partial charge >= 0.3 is 0 Å². The van der Waals surface area contributed by atoms with Crippen LogP contribution in [0.1, 0.15) is 44.9 Å². The van der Waals surface area contributed by atoms with Gasteiger partial charge in [-0.05, 0) is 35.7 Å². The standard InChI is InChI=1S/C24H25FN6O3/c25-19-6-4-17(5-7-19)16-30-11-2-12-31-21(24(30)34)13-20(29-31)23(33)27-10-8-22(32)28-15-18-3-1-9-26-14-18/h1,3-7,9,13-14H,2,8,10-12,15-16H2,(H,27,33)(H,28,32). The minimum absolute atomic E-state index is 0.115. The van der Waals surface area contributed by atoms with Crippen molar-refractivity contribution in [1.82, 2.24) is 30.3 Å². The number of nitrogens with zero attached hydrogens (tertiary/aromatic N) is 4. The predicted molar refractivity (Wildman–Crippen MR) is 121 cm³/mol. The van der Waals surface area contributed by atoms with Crippen molar-refractivity contribution in [1.29, 1.82) is 0 Å². The Bertz CT molecular complexity index is 1160. The molecule has 0 fully saturated rings. The summed E-state index contributed by atoms with van der Waals surface area (Å²) in [7, 11) is 0. The third-order valence-corrected chi connectivity index (χ3v) is 5.45. The molecule has 0 radical (unpaired) electrons. The monoisotopic (exact) mass is 464 g/mol. The number of rotatable bonds is 8. The van der Waals surface area contributed by atoms with Crippen molar-refractivity contribution in [3.63, 3.8) is 0 Å². The van der Waals surface area contributed by atoms with E-state index in [0.29, 0.717) is 38.3 Å². The third kappa shape index (κ3) is 5.83. The van der Waals surface area contributed by atoms with Gasteiger partial charge in [-0.15, -0.1) is 0 Å². The number of hydrogen-bond acceptors (Lipinski definition) is 5. The van der Waals surface area contributed by atoms with Crippen molar-refractivity contribution in [2.45, 2.75) is 32.5 Å². The molecular formula is C24H25FN6O3. The number of aryl methyl sites for hydroxylation is 1. The van der Waals surface area contributed by atoms with E-state index in [2.05, 4.69) is 20.7 Å². The molecule has 0 saturated heterocycles. The zero-order chi connectivity index (χ0) is 23.9. The van der Waals surface area contributed by atoms with E-state index < -0.39 is 5.91 Å². The minimum atomic E-state index is -0.446. The lowest BCUT2D eigenvalue weighted by Crippen LogP contribution is -2.31. The van der Waals surface area contributed by atoms with Gasteiger partial charge in [0.2, 0.25) is 5.91 Å². The molecule has 3 aromatic rings. The first kappa shape index (κ1) is 23.1. The normalized spacial score (nSPS) is 13.2. The highest BCUT2D eigenvalue weighted by Crippen LogP contribution is 2.17. The fourth-order valence-corrected chi connectivity index (χ4v) is 3.68. The Labute approximate surface area is 196 Å². The summed E-state index contributed by atoms with van der Waals surface area (Å²) in [5.74, 6) is -1.20. The fourth-order valence-electron chi connectivity index (χ4n) is 3.68. The highest BCUT2D eigenvalue weighted by molar-refractivity contribution is 5.98. The molecule has 176 valence electrons. The second-order valence-corrected chi connectivity index (χ2v) is 7.99. The van der Waals surface area contributed by atoms with E-state index in [4.69, 9.17) is 0 Å². The number of hydrogen-bond donors (Lipinski definition) is 2. The molecule has 1 aliphatic rings. The Balaban J connectivity index is 1.30. The third-order valence-electron chi connectivity index (χ3n) is 5.45. The van der Waals surface area contributed by atoms with Crippen molar-refractivity contribution >= 4 is 17.7 Å². The van der Waals surface area contributed by atoms with Gasteiger partial charge in [0.1, 0.15) is 11.5 Å². The van der Waals surface area contributed by atoms with Crippen molar-refractivity contribution < 1.29 is 18.8 Å². The van der Waals surface area contributed by atoms with E-state index in [1.165, 1.54) is 18.2 Å². The van der Waals surface area contributed by atoms with Crippen LogP contribution in [-0.2, 0) is 24.4 Å². The topological polar surface area (TPSA) is 109 Å². The molecule has 9 nitrogen and oxygen atoms in total. The fraction of sp³-hybridized carbons (Fsp3) is 0.292. The number of carbonyl (C=O) groups excluding carboxylic acids is 3. The molecule has 3 amide bonds. The summed E-state index contributed by atoms with van der Waals surface area (Å²) in [5.41, 5.74) is 2.17. The molecule has 10 heteroatoms. The summed E-state index contributed by atoms with van der Waals surface area (Å²) in [5, 5.41) is 9.74. The summed E-state index contributed by atoms with van der Waals surface area (Å²) in [6.07, 6.45) is 4.13. The van der Waals surface area contributed by atoms with Crippen molar-refractivity contribution in [3.05, 3.63) is 83.2 Å². The molecule has 2 N–H and O–H groups in total. The van der Waals surface area contributed by atoms with Crippen LogP contribution in [-0.4, -0.2) is 50.5 Å². The second-order valence-electron chi connectivity index (χ2n) is 7.99. The Hall–Kier alpha value is -4.08. The molecule has 1 aliphatic heterocycles. The summed E-state index contributed by atoms with van der Waals surface area (Å²) in [6.45, 7) is 1.90. The van der Waals surface area contributed by atoms with Crippen LogP contribution >= 0.6 is 0 Å². The largest absolute Gasteiger partial charge is 0.352 e. The molecule has 34 heavy (non-hydrogen) atoms. The first-order chi connectivity index (χ1) is 16.5. The Morgan fingerprint density at radius 3 is 2.65 bits per heavy atom. The SMILES string of the molecule is O=C(CCNC(=O)c1cc2n(n1)CCCN(Cc1ccc(F)cc1)C2=O)NCc1cccnc1. The van der Waals surface area contributed by atoms with Crippen LogP contribution in [0, 0.1) is 5.82 Å². The zero-order valence-corrected chi connectivity index (χ0v) is 18.5. The summed E-state index contributed by atoms with van der Waals surface area (Å²) in [6, 6.07) is 11.2. The Morgan fingerprint density at radius 2 is 1.88 bits per heavy atom. The van der Waals surface area contributed by atoms with Gasteiger partial charge in [0.25, 0.3) is 11.8 Å². The number of amides is 3. The Kier molecular flexibility index (Phi) is 7.26. The Morgan fingerprint density at radius 1 is 1.06 bits per heavy atom. The van der Waals surface area contributed by atoms with Gasteiger partial charge in [-0.3, -0.25) is 24.0 Å². The minimum Gasteiger partial charge on any atom is -0.352 e. The molecule has 0 bridgehead atoms. The van der Waals surface area contributed by atoms with Crippen LogP contribution in [0.3, 0.4) is 0 Å². The van der Waals surface area contributed by atoms with E-state index >= 15 is 0 Å². The average Bonchev–Trinajstić information content (AvgIpc) is 3.22. The van der Waals surface area contributed by atoms with Gasteiger partial charge in [-0.25, -0.2) is 4.39 Å². The maximum atomic E-state index is 13.2. The molecule has 0 spiro atoms. The van der Waals surface area contributed by atoms with E-state index in [-0.39, 0.29) is 36.3 Å². The lowest BCUT2D eigenvalue weighted by atomic mass is 10.2. The summed E-state index contributed by atoms with van der Waals surface area (Å²) >= 11 is 0. The second kappa shape index (κ2) is 10.7. The highest BCUT2D eigenvalue weighted by Gasteiger charge is 2.26. The number of benzene rings is 1. The maximum Gasteiger partial charge on any atom is 0.272 e. The van der Waals surface area contributed by atoms with Crippen LogP contribution in [0.2, 0.25) is 0 Å². The van der Waals surface area contributed by atoms with Gasteiger partial charge in [0.05, 0.1) is 0 Å². The van der Waals surface area contributed by atoms with Gasteiger partial charge < -0.3 is 15.5 Å². The van der Waals surface area contributed by atoms with Gasteiger partial charge in [0.15, 0.2) is 5.69 Å². The summed E-state index contributed by atoms with van der Waals surface area (Å²) < 4.78 is 14.7. The maximum absolute atomic E-state index is 13.2. The number of carbonyl (C=O) groups is 3. The van der Waals surface area contributed by atoms with E-state index in [1.807, 2.05) is 6.07 Å². The van der Waals surface area contributed by atoms with E-state index in [0.717, 1.165) is 11.1 Å². The van der Waals surface area contributed by atoms with E-state index in [1.54, 1.807) is 40.2 Å². The molecule has 0 unspecified atom stereocenters. The summed E-state index contributed by atoms with van der Waals surface area (Å²) in [4.78, 5) is 43.2.